The van der Waals surface area contributed by atoms with E-state index in [1.165, 1.54) is 6.07 Å². The van der Waals surface area contributed by atoms with E-state index >= 15 is 0 Å². The molecule has 0 fully saturated rings. The number of halogens is 4. The van der Waals surface area contributed by atoms with Crippen molar-refractivity contribution in [3.8, 4) is 0 Å². The standard InChI is InChI=1S/C8H5F3I/c1-5-3-2-4-6(7(5)12)8(9,10)11/h2-4H,1H2. The van der Waals surface area contributed by atoms with Gasteiger partial charge >= 0.3 is 6.18 Å². The van der Waals surface area contributed by atoms with Gasteiger partial charge in [-0.2, -0.15) is 13.2 Å². The number of hydrogen-bond donors (Lipinski definition) is 0. The van der Waals surface area contributed by atoms with Gasteiger partial charge in [-0.05, 0) is 41.1 Å². The maximum Gasteiger partial charge on any atom is 0.417 e. The Kier molecular flexibility index (Phi) is 2.65. The molecule has 0 amide bonds. The summed E-state index contributed by atoms with van der Waals surface area (Å²) in [7, 11) is 0. The summed E-state index contributed by atoms with van der Waals surface area (Å²) in [6, 6.07) is 3.96. The molecule has 0 atom stereocenters. The molecule has 65 valence electrons. The highest BCUT2D eigenvalue weighted by atomic mass is 127. The van der Waals surface area contributed by atoms with Crippen molar-refractivity contribution >= 4 is 22.6 Å². The number of benzene rings is 1. The Morgan fingerprint density at radius 3 is 2.25 bits per heavy atom. The summed E-state index contributed by atoms with van der Waals surface area (Å²) in [4.78, 5) is 0. The lowest BCUT2D eigenvalue weighted by atomic mass is 10.1. The quantitative estimate of drug-likeness (QED) is 0.640. The van der Waals surface area contributed by atoms with E-state index in [1.54, 1.807) is 28.7 Å². The molecule has 1 aromatic rings. The fourth-order valence-electron chi connectivity index (χ4n) is 0.799. The zero-order chi connectivity index (χ0) is 9.35. The van der Waals surface area contributed by atoms with Crippen molar-refractivity contribution in [1.82, 2.24) is 0 Å². The lowest BCUT2D eigenvalue weighted by molar-refractivity contribution is -0.138. The van der Waals surface area contributed by atoms with Gasteiger partial charge in [0, 0.05) is 3.57 Å². The maximum absolute atomic E-state index is 12.2. The summed E-state index contributed by atoms with van der Waals surface area (Å²) in [5.41, 5.74) is -0.207. The topological polar surface area (TPSA) is 0 Å². The van der Waals surface area contributed by atoms with Gasteiger partial charge in [0.15, 0.2) is 0 Å². The van der Waals surface area contributed by atoms with Crippen LogP contribution in [0.4, 0.5) is 13.2 Å². The highest BCUT2D eigenvalue weighted by Crippen LogP contribution is 2.33. The lowest BCUT2D eigenvalue weighted by Crippen LogP contribution is -2.07. The SMILES string of the molecule is [CH2]c1cccc(C(F)(F)F)c1I. The van der Waals surface area contributed by atoms with E-state index < -0.39 is 11.7 Å². The Balaban J connectivity index is 3.26. The van der Waals surface area contributed by atoms with Gasteiger partial charge in [-0.15, -0.1) is 0 Å². The first-order valence-corrected chi connectivity index (χ1v) is 4.18. The van der Waals surface area contributed by atoms with Gasteiger partial charge in [0.25, 0.3) is 0 Å². The Labute approximate surface area is 81.9 Å². The van der Waals surface area contributed by atoms with Crippen LogP contribution in [0.25, 0.3) is 0 Å². The molecule has 0 aromatic heterocycles. The van der Waals surface area contributed by atoms with Gasteiger partial charge in [-0.1, -0.05) is 12.1 Å². The van der Waals surface area contributed by atoms with Gasteiger partial charge in [0.1, 0.15) is 0 Å². The normalized spacial score (nSPS) is 11.8. The molecule has 0 heterocycles. The largest absolute Gasteiger partial charge is 0.417 e. The average molecular weight is 285 g/mol. The van der Waals surface area contributed by atoms with Crippen LogP contribution < -0.4 is 0 Å². The third-order valence-electron chi connectivity index (χ3n) is 1.38. The molecule has 0 spiro atoms. The highest BCUT2D eigenvalue weighted by molar-refractivity contribution is 14.1. The van der Waals surface area contributed by atoms with Crippen molar-refractivity contribution in [2.75, 3.05) is 0 Å². The fraction of sp³-hybridized carbons (Fsp3) is 0.125. The van der Waals surface area contributed by atoms with Gasteiger partial charge in [-0.25, -0.2) is 0 Å². The molecule has 0 bridgehead atoms. The molecule has 0 aliphatic carbocycles. The molecule has 0 saturated carbocycles. The summed E-state index contributed by atoms with van der Waals surface area (Å²) in [6.07, 6.45) is -4.27. The second-order valence-electron chi connectivity index (χ2n) is 2.28. The number of alkyl halides is 3. The molecular formula is C8H5F3I. The molecule has 12 heavy (non-hydrogen) atoms. The predicted molar refractivity (Wildman–Crippen MR) is 48.6 cm³/mol. The minimum Gasteiger partial charge on any atom is -0.166 e. The molecule has 1 radical (unpaired) electrons. The van der Waals surface area contributed by atoms with Crippen molar-refractivity contribution < 1.29 is 13.2 Å². The number of rotatable bonds is 0. The Bertz CT molecular complexity index is 291. The van der Waals surface area contributed by atoms with Crippen LogP contribution in [-0.4, -0.2) is 0 Å². The smallest absolute Gasteiger partial charge is 0.166 e. The Hall–Kier alpha value is -0.260. The second-order valence-corrected chi connectivity index (χ2v) is 3.36. The first-order chi connectivity index (χ1) is 5.43. The molecule has 0 N–H and O–H groups in total. The first-order valence-electron chi connectivity index (χ1n) is 3.10. The zero-order valence-corrected chi connectivity index (χ0v) is 8.11. The third kappa shape index (κ3) is 1.91. The van der Waals surface area contributed by atoms with Crippen LogP contribution in [0.1, 0.15) is 11.1 Å². The van der Waals surface area contributed by atoms with Crippen molar-refractivity contribution in [3.05, 3.63) is 39.8 Å². The van der Waals surface area contributed by atoms with Crippen LogP contribution >= 0.6 is 22.6 Å². The fourth-order valence-corrected chi connectivity index (χ4v) is 1.46. The molecule has 0 aliphatic rings. The van der Waals surface area contributed by atoms with Crippen LogP contribution in [0.5, 0.6) is 0 Å². The lowest BCUT2D eigenvalue weighted by Gasteiger charge is -2.09. The molecular weight excluding hydrogens is 280 g/mol. The highest BCUT2D eigenvalue weighted by Gasteiger charge is 2.32. The van der Waals surface area contributed by atoms with E-state index in [-0.39, 0.29) is 3.57 Å². The molecule has 0 nitrogen and oxygen atoms in total. The summed E-state index contributed by atoms with van der Waals surface area (Å²) in [5, 5.41) is 0. The van der Waals surface area contributed by atoms with Crippen LogP contribution in [0.3, 0.4) is 0 Å². The van der Waals surface area contributed by atoms with E-state index in [0.29, 0.717) is 5.56 Å². The summed E-state index contributed by atoms with van der Waals surface area (Å²) in [6.45, 7) is 3.49. The molecule has 1 rings (SSSR count). The Morgan fingerprint density at radius 1 is 1.25 bits per heavy atom. The van der Waals surface area contributed by atoms with E-state index in [0.717, 1.165) is 6.07 Å². The Morgan fingerprint density at radius 2 is 1.83 bits per heavy atom. The van der Waals surface area contributed by atoms with Crippen LogP contribution in [0.2, 0.25) is 0 Å². The molecule has 0 saturated heterocycles. The predicted octanol–water partition coefficient (Wildman–Crippen LogP) is 3.49. The monoisotopic (exact) mass is 285 g/mol. The molecule has 4 heteroatoms. The van der Waals surface area contributed by atoms with Crippen LogP contribution in [0.15, 0.2) is 18.2 Å². The van der Waals surface area contributed by atoms with Crippen molar-refractivity contribution in [2.24, 2.45) is 0 Å². The van der Waals surface area contributed by atoms with Gasteiger partial charge < -0.3 is 0 Å². The minimum atomic E-state index is -4.27. The molecule has 1 aromatic carbocycles. The van der Waals surface area contributed by atoms with Crippen molar-refractivity contribution in [3.63, 3.8) is 0 Å². The minimum absolute atomic E-state index is 0.169. The van der Waals surface area contributed by atoms with Gasteiger partial charge in [-0.3, -0.25) is 0 Å². The molecule has 0 aliphatic heterocycles. The van der Waals surface area contributed by atoms with Crippen molar-refractivity contribution in [2.45, 2.75) is 6.18 Å². The summed E-state index contributed by atoms with van der Waals surface area (Å²) >= 11 is 1.65. The van der Waals surface area contributed by atoms with Crippen LogP contribution in [0, 0.1) is 10.5 Å². The third-order valence-corrected chi connectivity index (χ3v) is 2.66. The first kappa shape index (κ1) is 9.83. The molecule has 0 unspecified atom stereocenters. The van der Waals surface area contributed by atoms with Gasteiger partial charge in [0.2, 0.25) is 0 Å². The zero-order valence-electron chi connectivity index (χ0n) is 5.95. The summed E-state index contributed by atoms with van der Waals surface area (Å²) in [5.74, 6) is 0. The summed E-state index contributed by atoms with van der Waals surface area (Å²) < 4.78 is 36.8. The van der Waals surface area contributed by atoms with E-state index in [4.69, 9.17) is 0 Å². The van der Waals surface area contributed by atoms with Crippen molar-refractivity contribution in [1.29, 1.82) is 0 Å². The van der Waals surface area contributed by atoms with E-state index in [1.807, 2.05) is 0 Å². The van der Waals surface area contributed by atoms with E-state index in [9.17, 15) is 13.2 Å². The number of hydrogen-bond acceptors (Lipinski definition) is 0. The second kappa shape index (κ2) is 3.24. The maximum atomic E-state index is 12.2. The van der Waals surface area contributed by atoms with Gasteiger partial charge in [0.05, 0.1) is 5.56 Å². The van der Waals surface area contributed by atoms with Crippen LogP contribution in [-0.2, 0) is 6.18 Å². The average Bonchev–Trinajstić information content (AvgIpc) is 1.92. The van der Waals surface area contributed by atoms with E-state index in [2.05, 4.69) is 6.92 Å².